The third-order valence-electron chi connectivity index (χ3n) is 6.62. The zero-order valence-corrected chi connectivity index (χ0v) is 26.3. The molecule has 0 rings (SSSR count). The van der Waals surface area contributed by atoms with Crippen LogP contribution < -0.4 is 21.7 Å². The predicted octanol–water partition coefficient (Wildman–Crippen LogP) is 4.85. The van der Waals surface area contributed by atoms with Crippen molar-refractivity contribution >= 4 is 23.7 Å². The van der Waals surface area contributed by atoms with E-state index in [-0.39, 0.29) is 23.5 Å². The van der Waals surface area contributed by atoms with Gasteiger partial charge in [-0.25, -0.2) is 4.79 Å². The summed E-state index contributed by atoms with van der Waals surface area (Å²) in [6.45, 7) is 18.4. The van der Waals surface area contributed by atoms with Crippen molar-refractivity contribution in [2.24, 2.45) is 23.5 Å². The number of rotatable bonds is 18. The molecule has 0 saturated heterocycles. The predicted molar refractivity (Wildman–Crippen MR) is 157 cm³/mol. The van der Waals surface area contributed by atoms with Gasteiger partial charge < -0.3 is 26.4 Å². The van der Waals surface area contributed by atoms with Crippen molar-refractivity contribution in [3.63, 3.8) is 0 Å². The number of nitrogens with one attached hydrogen (secondary N) is 3. The van der Waals surface area contributed by atoms with E-state index in [9.17, 15) is 19.2 Å². The van der Waals surface area contributed by atoms with Crippen LogP contribution in [0.1, 0.15) is 121 Å². The van der Waals surface area contributed by atoms with Crippen molar-refractivity contribution in [3.05, 3.63) is 0 Å². The molecule has 9 nitrogen and oxygen atoms in total. The molecule has 0 fully saturated rings. The van der Waals surface area contributed by atoms with E-state index in [0.29, 0.717) is 6.42 Å². The number of ketones is 1. The topological polar surface area (TPSA) is 140 Å². The second kappa shape index (κ2) is 18.2. The summed E-state index contributed by atoms with van der Waals surface area (Å²) in [4.78, 5) is 52.0. The van der Waals surface area contributed by atoms with Gasteiger partial charge in [0.2, 0.25) is 11.8 Å². The van der Waals surface area contributed by atoms with Gasteiger partial charge in [-0.1, -0.05) is 93.4 Å². The van der Waals surface area contributed by atoms with Gasteiger partial charge in [0.15, 0.2) is 5.78 Å². The molecule has 0 aromatic carbocycles. The number of hydrogen-bond donors (Lipinski definition) is 4. The lowest BCUT2D eigenvalue weighted by Crippen LogP contribution is -2.60. The number of amides is 3. The SMILES string of the molecule is CCCCCCCCCC(N)C(=O)[C@@H](NC(=O)[C@@H](NC(=O)[C@@H](NC(=O)OC(C)(C)C)C(C)C)C(C)C)C(C)C. The number of alkyl carbamates (subject to hydrolysis) is 1. The fourth-order valence-electron chi connectivity index (χ4n) is 4.25. The molecular weight excluding hydrogens is 496 g/mol. The molecule has 0 saturated carbocycles. The van der Waals surface area contributed by atoms with E-state index >= 15 is 0 Å². The number of unbranched alkanes of at least 4 members (excludes halogenated alkanes) is 6. The molecule has 0 heterocycles. The number of ether oxygens (including phenoxy) is 1. The highest BCUT2D eigenvalue weighted by Crippen LogP contribution is 2.14. The molecule has 9 heteroatoms. The van der Waals surface area contributed by atoms with E-state index in [1.54, 1.807) is 34.6 Å². The smallest absolute Gasteiger partial charge is 0.408 e. The van der Waals surface area contributed by atoms with E-state index in [4.69, 9.17) is 10.5 Å². The van der Waals surface area contributed by atoms with Gasteiger partial charge >= 0.3 is 6.09 Å². The van der Waals surface area contributed by atoms with Gasteiger partial charge in [0.05, 0.1) is 12.1 Å². The lowest BCUT2D eigenvalue weighted by atomic mass is 9.91. The maximum Gasteiger partial charge on any atom is 0.408 e. The molecule has 3 amide bonds. The van der Waals surface area contributed by atoms with Crippen LogP contribution in [-0.4, -0.2) is 53.5 Å². The molecule has 0 bridgehead atoms. The average molecular weight is 555 g/mol. The Morgan fingerprint density at radius 3 is 1.51 bits per heavy atom. The first-order valence-electron chi connectivity index (χ1n) is 14.9. The molecule has 0 aliphatic carbocycles. The maximum absolute atomic E-state index is 13.3. The van der Waals surface area contributed by atoms with Crippen molar-refractivity contribution in [2.45, 2.75) is 150 Å². The Morgan fingerprint density at radius 2 is 1.08 bits per heavy atom. The Hall–Kier alpha value is -2.16. The Bertz CT molecular complexity index is 761. The van der Waals surface area contributed by atoms with Crippen molar-refractivity contribution in [1.29, 1.82) is 0 Å². The van der Waals surface area contributed by atoms with E-state index < -0.39 is 47.7 Å². The first-order valence-corrected chi connectivity index (χ1v) is 14.9. The molecule has 39 heavy (non-hydrogen) atoms. The molecule has 0 aliphatic heterocycles. The number of carbonyl (C=O) groups is 4. The highest BCUT2D eigenvalue weighted by molar-refractivity contribution is 5.96. The molecule has 1 unspecified atom stereocenters. The normalized spacial score (nSPS) is 15.0. The van der Waals surface area contributed by atoms with Gasteiger partial charge in [-0.2, -0.15) is 0 Å². The third-order valence-corrected chi connectivity index (χ3v) is 6.62. The molecule has 0 aromatic rings. The minimum atomic E-state index is -0.896. The monoisotopic (exact) mass is 554 g/mol. The van der Waals surface area contributed by atoms with Gasteiger partial charge in [-0.3, -0.25) is 14.4 Å². The number of Topliss-reactive ketones (excluding diaryl/α,β-unsaturated/α-hetero) is 1. The van der Waals surface area contributed by atoms with Crippen LogP contribution in [-0.2, 0) is 19.1 Å². The number of nitrogens with two attached hydrogens (primary N) is 1. The summed E-state index contributed by atoms with van der Waals surface area (Å²) in [5.74, 6) is -1.80. The van der Waals surface area contributed by atoms with E-state index in [1.807, 2.05) is 27.7 Å². The van der Waals surface area contributed by atoms with Crippen LogP contribution in [0.4, 0.5) is 4.79 Å². The Balaban J connectivity index is 5.25. The first kappa shape index (κ1) is 36.8. The highest BCUT2D eigenvalue weighted by atomic mass is 16.6. The quantitative estimate of drug-likeness (QED) is 0.179. The van der Waals surface area contributed by atoms with Gasteiger partial charge in [-0.05, 0) is 44.9 Å². The van der Waals surface area contributed by atoms with E-state index in [1.165, 1.54) is 25.7 Å². The summed E-state index contributed by atoms with van der Waals surface area (Å²) in [5.41, 5.74) is 5.54. The molecule has 0 radical (unpaired) electrons. The minimum Gasteiger partial charge on any atom is -0.444 e. The van der Waals surface area contributed by atoms with Crippen molar-refractivity contribution in [3.8, 4) is 0 Å². The Labute approximate surface area is 237 Å². The van der Waals surface area contributed by atoms with Crippen molar-refractivity contribution in [2.75, 3.05) is 0 Å². The van der Waals surface area contributed by atoms with Crippen LogP contribution in [0.15, 0.2) is 0 Å². The first-order chi connectivity index (χ1) is 18.0. The van der Waals surface area contributed by atoms with Crippen LogP contribution in [0.3, 0.4) is 0 Å². The number of carbonyl (C=O) groups excluding carboxylic acids is 4. The lowest BCUT2D eigenvalue weighted by Gasteiger charge is -2.30. The summed E-state index contributed by atoms with van der Waals surface area (Å²) in [6, 6.07) is -3.20. The van der Waals surface area contributed by atoms with Crippen LogP contribution in [0.5, 0.6) is 0 Å². The molecule has 5 N–H and O–H groups in total. The van der Waals surface area contributed by atoms with Gasteiger partial charge in [0, 0.05) is 0 Å². The molecule has 0 spiro atoms. The van der Waals surface area contributed by atoms with Crippen molar-refractivity contribution in [1.82, 2.24) is 16.0 Å². The van der Waals surface area contributed by atoms with Gasteiger partial charge in [0.1, 0.15) is 17.7 Å². The lowest BCUT2D eigenvalue weighted by molar-refractivity contribution is -0.134. The second-order valence-electron chi connectivity index (χ2n) is 12.7. The molecule has 0 aromatic heterocycles. The fourth-order valence-corrected chi connectivity index (χ4v) is 4.25. The van der Waals surface area contributed by atoms with Crippen LogP contribution in [0, 0.1) is 17.8 Å². The third kappa shape index (κ3) is 15.3. The van der Waals surface area contributed by atoms with E-state index in [2.05, 4.69) is 22.9 Å². The molecule has 0 aliphatic rings. The minimum absolute atomic E-state index is 0.165. The molecule has 4 atom stereocenters. The van der Waals surface area contributed by atoms with Crippen LogP contribution >= 0.6 is 0 Å². The molecule has 228 valence electrons. The van der Waals surface area contributed by atoms with E-state index in [0.717, 1.165) is 19.3 Å². The maximum atomic E-state index is 13.3. The number of hydrogen-bond acceptors (Lipinski definition) is 6. The summed E-state index contributed by atoms with van der Waals surface area (Å²) in [5, 5.41) is 8.24. The second-order valence-corrected chi connectivity index (χ2v) is 12.7. The zero-order chi connectivity index (χ0) is 30.3. The fraction of sp³-hybridized carbons (Fsp3) is 0.867. The Morgan fingerprint density at radius 1 is 0.667 bits per heavy atom. The zero-order valence-electron chi connectivity index (χ0n) is 26.3. The van der Waals surface area contributed by atoms with Crippen LogP contribution in [0.25, 0.3) is 0 Å². The Kier molecular flexibility index (Phi) is 17.2. The summed E-state index contributed by atoms with van der Waals surface area (Å²) in [7, 11) is 0. The summed E-state index contributed by atoms with van der Waals surface area (Å²) >= 11 is 0. The summed E-state index contributed by atoms with van der Waals surface area (Å²) < 4.78 is 5.29. The van der Waals surface area contributed by atoms with Gasteiger partial charge in [-0.15, -0.1) is 0 Å². The van der Waals surface area contributed by atoms with Crippen LogP contribution in [0.2, 0.25) is 0 Å². The average Bonchev–Trinajstić information content (AvgIpc) is 2.81. The summed E-state index contributed by atoms with van der Waals surface area (Å²) in [6.07, 6.45) is 7.85. The van der Waals surface area contributed by atoms with Crippen molar-refractivity contribution < 1.29 is 23.9 Å². The highest BCUT2D eigenvalue weighted by Gasteiger charge is 2.34. The standard InChI is InChI=1S/C30H58N4O5/c1-11-12-13-14-15-16-17-18-22(31)26(35)23(19(2)3)32-27(36)24(20(4)5)33-28(37)25(21(6)7)34-29(38)39-30(8,9)10/h19-25H,11-18,31H2,1-10H3,(H,32,36)(H,33,37)(H,34,38)/t22?,23-,24-,25-/m0/s1. The molecular formula is C30H58N4O5. The van der Waals surface area contributed by atoms with Gasteiger partial charge in [0.25, 0.3) is 0 Å². The largest absolute Gasteiger partial charge is 0.444 e.